The predicted molar refractivity (Wildman–Crippen MR) is 192 cm³/mol. The highest BCUT2D eigenvalue weighted by Gasteiger charge is 2.41. The van der Waals surface area contributed by atoms with E-state index in [2.05, 4.69) is 25.4 Å². The Balaban J connectivity index is 1.20. The molecule has 1 aliphatic rings. The number of pyridine rings is 1. The van der Waals surface area contributed by atoms with Crippen molar-refractivity contribution in [2.45, 2.75) is 13.0 Å². The van der Waals surface area contributed by atoms with Crippen LogP contribution in [0.15, 0.2) is 147 Å². The van der Waals surface area contributed by atoms with Crippen molar-refractivity contribution in [3.05, 3.63) is 163 Å². The van der Waals surface area contributed by atoms with Gasteiger partial charge in [0.1, 0.15) is 11.4 Å². The average Bonchev–Trinajstić information content (AvgIpc) is 3.50. The normalized spacial score (nSPS) is 14.6. The summed E-state index contributed by atoms with van der Waals surface area (Å²) in [5.41, 5.74) is 1.57. The molecular weight excluding hydrogens is 668 g/mol. The molecular formula is C36H24N10O6. The van der Waals surface area contributed by atoms with Gasteiger partial charge >= 0.3 is 5.69 Å². The van der Waals surface area contributed by atoms with E-state index >= 15 is 0 Å². The van der Waals surface area contributed by atoms with E-state index in [0.717, 1.165) is 28.8 Å². The average molecular weight is 693 g/mol. The minimum atomic E-state index is -1.31. The number of hydrogen-bond acceptors (Lipinski definition) is 12. The minimum absolute atomic E-state index is 0.123. The van der Waals surface area contributed by atoms with E-state index in [-0.39, 0.29) is 17.0 Å². The molecule has 0 spiro atoms. The summed E-state index contributed by atoms with van der Waals surface area (Å²) < 4.78 is 1.28. The maximum Gasteiger partial charge on any atom is 0.301 e. The van der Waals surface area contributed by atoms with E-state index in [9.17, 15) is 29.8 Å². The van der Waals surface area contributed by atoms with Gasteiger partial charge in [0.2, 0.25) is 0 Å². The molecule has 2 aromatic heterocycles. The first-order valence-corrected chi connectivity index (χ1v) is 15.6. The van der Waals surface area contributed by atoms with Crippen molar-refractivity contribution in [2.24, 2.45) is 20.4 Å². The summed E-state index contributed by atoms with van der Waals surface area (Å²) >= 11 is 0. The summed E-state index contributed by atoms with van der Waals surface area (Å²) in [5.74, 6) is -0.378. The number of hydrogen-bond donors (Lipinski definition) is 0. The number of benzene rings is 4. The molecule has 1 unspecified atom stereocenters. The van der Waals surface area contributed by atoms with E-state index < -0.39 is 33.2 Å². The number of fused-ring (bicyclic) bond motifs is 1. The Morgan fingerprint density at radius 1 is 0.827 bits per heavy atom. The van der Waals surface area contributed by atoms with Crippen LogP contribution in [0.2, 0.25) is 0 Å². The lowest BCUT2D eigenvalue weighted by Gasteiger charge is -2.12. The molecule has 0 bridgehead atoms. The van der Waals surface area contributed by atoms with Crippen LogP contribution in [0.4, 0.5) is 22.7 Å². The first-order valence-electron chi connectivity index (χ1n) is 15.6. The monoisotopic (exact) mass is 692 g/mol. The number of carbonyl (C=O) groups is 1. The summed E-state index contributed by atoms with van der Waals surface area (Å²) in [4.78, 5) is 57.6. The maximum absolute atomic E-state index is 13.7. The van der Waals surface area contributed by atoms with Crippen molar-refractivity contribution in [3.63, 3.8) is 0 Å². The molecule has 4 aromatic carbocycles. The minimum Gasteiger partial charge on any atom is -0.269 e. The van der Waals surface area contributed by atoms with E-state index in [1.807, 2.05) is 36.4 Å². The standard InChI is InChI=1S/C36H24N10O6/c1-22(41-44-34(24-8-3-2-4-9-24)38-29-12-6-5-11-28(29)35(44)47)23-13-15-26(16-14-23)39-40-33-32(25-10-7-19-37-21-25)42-43(36(33)48)30-18-17-27(45(49)50)20-31(30)46(51)52/h2-21,33H,1H3/b40-39?,41-22-. The van der Waals surface area contributed by atoms with E-state index in [0.29, 0.717) is 39.3 Å². The van der Waals surface area contributed by atoms with Crippen molar-refractivity contribution in [1.29, 1.82) is 0 Å². The zero-order valence-corrected chi connectivity index (χ0v) is 27.0. The van der Waals surface area contributed by atoms with Gasteiger partial charge < -0.3 is 0 Å². The zero-order valence-electron chi connectivity index (χ0n) is 27.0. The highest BCUT2D eigenvalue weighted by Crippen LogP contribution is 2.35. The van der Waals surface area contributed by atoms with Crippen LogP contribution >= 0.6 is 0 Å². The highest BCUT2D eigenvalue weighted by molar-refractivity contribution is 6.25. The number of carbonyl (C=O) groups excluding carboxylic acids is 1. The molecule has 0 saturated carbocycles. The van der Waals surface area contributed by atoms with Crippen LogP contribution in [0.25, 0.3) is 22.3 Å². The third-order valence-electron chi connectivity index (χ3n) is 8.07. The second kappa shape index (κ2) is 13.7. The Labute approximate surface area is 293 Å². The van der Waals surface area contributed by atoms with Crippen LogP contribution in [0.3, 0.4) is 0 Å². The molecule has 7 rings (SSSR count). The number of nitro groups is 2. The fourth-order valence-corrected chi connectivity index (χ4v) is 5.49. The summed E-state index contributed by atoms with van der Waals surface area (Å²) in [6.07, 6.45) is 2.98. The molecule has 0 aliphatic carbocycles. The van der Waals surface area contributed by atoms with Gasteiger partial charge in [0, 0.05) is 29.6 Å². The van der Waals surface area contributed by atoms with E-state index in [1.54, 1.807) is 61.5 Å². The summed E-state index contributed by atoms with van der Waals surface area (Å²) in [7, 11) is 0. The molecule has 1 aliphatic heterocycles. The number of hydrazone groups is 1. The number of para-hydroxylation sites is 1. The fraction of sp³-hybridized carbons (Fsp3) is 0.0556. The molecule has 1 amide bonds. The highest BCUT2D eigenvalue weighted by atomic mass is 16.6. The number of nitro benzene ring substituents is 2. The number of nitrogens with zero attached hydrogens (tertiary/aromatic N) is 10. The first-order chi connectivity index (χ1) is 25.2. The summed E-state index contributed by atoms with van der Waals surface area (Å²) in [6, 6.07) is 28.0. The molecule has 16 nitrogen and oxygen atoms in total. The van der Waals surface area contributed by atoms with Crippen molar-refractivity contribution in [3.8, 4) is 11.4 Å². The molecule has 16 heteroatoms. The third-order valence-corrected chi connectivity index (χ3v) is 8.07. The largest absolute Gasteiger partial charge is 0.301 e. The van der Waals surface area contributed by atoms with Crippen LogP contribution in [0.1, 0.15) is 18.1 Å². The van der Waals surface area contributed by atoms with Crippen LogP contribution in [-0.2, 0) is 4.79 Å². The Kier molecular flexibility index (Phi) is 8.68. The van der Waals surface area contributed by atoms with Gasteiger partial charge in [-0.3, -0.25) is 34.8 Å². The number of non-ortho nitro benzene ring substituents is 1. The van der Waals surface area contributed by atoms with E-state index in [4.69, 9.17) is 4.98 Å². The first kappa shape index (κ1) is 32.9. The number of rotatable bonds is 9. The van der Waals surface area contributed by atoms with Crippen LogP contribution in [0, 0.1) is 20.2 Å². The molecule has 0 N–H and O–H groups in total. The number of anilines is 1. The van der Waals surface area contributed by atoms with E-state index in [1.165, 1.54) is 17.1 Å². The van der Waals surface area contributed by atoms with Gasteiger partial charge in [0.25, 0.3) is 17.2 Å². The molecule has 254 valence electrons. The van der Waals surface area contributed by atoms with Gasteiger partial charge in [-0.15, -0.1) is 0 Å². The maximum atomic E-state index is 13.7. The zero-order chi connectivity index (χ0) is 36.4. The van der Waals surface area contributed by atoms with Gasteiger partial charge in [-0.25, -0.2) is 4.98 Å². The van der Waals surface area contributed by atoms with Gasteiger partial charge in [0.05, 0.1) is 38.2 Å². The van der Waals surface area contributed by atoms with Crippen molar-refractivity contribution in [2.75, 3.05) is 5.01 Å². The lowest BCUT2D eigenvalue weighted by atomic mass is 10.1. The molecule has 0 saturated heterocycles. The van der Waals surface area contributed by atoms with Crippen molar-refractivity contribution < 1.29 is 14.6 Å². The van der Waals surface area contributed by atoms with Crippen molar-refractivity contribution in [1.82, 2.24) is 14.6 Å². The topological polar surface area (TPSA) is 204 Å². The molecule has 6 aromatic rings. The van der Waals surface area contributed by atoms with Gasteiger partial charge in [0.15, 0.2) is 11.9 Å². The molecule has 1 atom stereocenters. The SMILES string of the molecule is C/C(=N/n1c(-c2ccccc2)nc2ccccc2c1=O)c1ccc(N=NC2C(=O)N(c3ccc([N+](=O)[O-])cc3[N+](=O)[O-])N=C2c2cccnc2)cc1. The molecule has 3 heterocycles. The Morgan fingerprint density at radius 2 is 1.56 bits per heavy atom. The second-order valence-corrected chi connectivity index (χ2v) is 11.4. The quantitative estimate of drug-likeness (QED) is 0.0711. The van der Waals surface area contributed by atoms with Crippen LogP contribution in [-0.4, -0.2) is 47.9 Å². The summed E-state index contributed by atoms with van der Waals surface area (Å²) in [6.45, 7) is 1.76. The number of aromatic nitrogens is 3. The van der Waals surface area contributed by atoms with Crippen LogP contribution in [0.5, 0.6) is 0 Å². The Hall–Kier alpha value is -7.62. The third kappa shape index (κ3) is 6.29. The second-order valence-electron chi connectivity index (χ2n) is 11.4. The Morgan fingerprint density at radius 3 is 2.27 bits per heavy atom. The molecule has 52 heavy (non-hydrogen) atoms. The number of azo groups is 1. The smallest absolute Gasteiger partial charge is 0.269 e. The lowest BCUT2D eigenvalue weighted by molar-refractivity contribution is -0.393. The predicted octanol–water partition coefficient (Wildman–Crippen LogP) is 6.45. The number of amides is 1. The summed E-state index contributed by atoms with van der Waals surface area (Å²) in [5, 5.41) is 41.9. The fourth-order valence-electron chi connectivity index (χ4n) is 5.49. The van der Waals surface area contributed by atoms with Crippen molar-refractivity contribution >= 4 is 51.0 Å². The van der Waals surface area contributed by atoms with Crippen LogP contribution < -0.4 is 10.6 Å². The van der Waals surface area contributed by atoms with Gasteiger partial charge in [-0.05, 0) is 55.0 Å². The molecule has 0 radical (unpaired) electrons. The Bertz CT molecular complexity index is 2540. The van der Waals surface area contributed by atoms with Gasteiger partial charge in [-0.2, -0.15) is 30.1 Å². The lowest BCUT2D eigenvalue weighted by Crippen LogP contribution is -2.31. The van der Waals surface area contributed by atoms with Gasteiger partial charge in [-0.1, -0.05) is 54.6 Å². The molecule has 0 fully saturated rings.